The lowest BCUT2D eigenvalue weighted by atomic mass is 9.92. The van der Waals surface area contributed by atoms with Gasteiger partial charge in [-0.1, -0.05) is 164 Å². The zero-order valence-electron chi connectivity index (χ0n) is 31.0. The SMILES string of the molecule is c1ccc(-c2ccc(-c3ccc(N(c4ccc(-c5cccc6c5oc5ccccc56)c(-c5ccccc5)c4)c4cccc5sc6ccccc6c45)cc3)cc2)cc1. The molecular weight excluding hydrogens is 711 g/mol. The number of thiophene rings is 1. The summed E-state index contributed by atoms with van der Waals surface area (Å²) in [6, 6.07) is 76.4. The topological polar surface area (TPSA) is 16.4 Å². The highest BCUT2D eigenvalue weighted by atomic mass is 32.1. The Kier molecular flexibility index (Phi) is 8.04. The summed E-state index contributed by atoms with van der Waals surface area (Å²) < 4.78 is 9.15. The number of hydrogen-bond donors (Lipinski definition) is 0. The molecule has 0 aliphatic carbocycles. The molecule has 0 saturated heterocycles. The van der Waals surface area contributed by atoms with Crippen LogP contribution in [-0.4, -0.2) is 0 Å². The van der Waals surface area contributed by atoms with Gasteiger partial charge in [0.1, 0.15) is 11.2 Å². The summed E-state index contributed by atoms with van der Waals surface area (Å²) in [7, 11) is 0. The third-order valence-corrected chi connectivity index (χ3v) is 12.2. The molecule has 0 aliphatic rings. The maximum atomic E-state index is 6.59. The number of hydrogen-bond acceptors (Lipinski definition) is 3. The van der Waals surface area contributed by atoms with Crippen LogP contribution in [0.15, 0.2) is 217 Å². The summed E-state index contributed by atoms with van der Waals surface area (Å²) in [5.74, 6) is 0. The van der Waals surface area contributed by atoms with Gasteiger partial charge >= 0.3 is 0 Å². The number of benzene rings is 9. The van der Waals surface area contributed by atoms with Gasteiger partial charge in [0.25, 0.3) is 0 Å². The smallest absolute Gasteiger partial charge is 0.143 e. The molecule has 0 bridgehead atoms. The van der Waals surface area contributed by atoms with Crippen molar-refractivity contribution in [3.63, 3.8) is 0 Å². The van der Waals surface area contributed by atoms with Crippen LogP contribution in [0.1, 0.15) is 0 Å². The zero-order chi connectivity index (χ0) is 37.7. The first-order valence-corrected chi connectivity index (χ1v) is 20.1. The van der Waals surface area contributed by atoms with Crippen LogP contribution in [0.2, 0.25) is 0 Å². The van der Waals surface area contributed by atoms with E-state index in [9.17, 15) is 0 Å². The molecule has 0 unspecified atom stereocenters. The molecule has 0 N–H and O–H groups in total. The van der Waals surface area contributed by atoms with Crippen molar-refractivity contribution in [1.29, 1.82) is 0 Å². The van der Waals surface area contributed by atoms with Gasteiger partial charge in [-0.15, -0.1) is 11.3 Å². The number of para-hydroxylation sites is 2. The Morgan fingerprint density at radius 3 is 1.67 bits per heavy atom. The molecule has 0 atom stereocenters. The summed E-state index contributed by atoms with van der Waals surface area (Å²) in [4.78, 5) is 2.43. The fourth-order valence-corrected chi connectivity index (χ4v) is 9.51. The van der Waals surface area contributed by atoms with Gasteiger partial charge < -0.3 is 9.32 Å². The maximum absolute atomic E-state index is 6.59. The molecule has 2 nitrogen and oxygen atoms in total. The number of anilines is 3. The average molecular weight is 746 g/mol. The first-order chi connectivity index (χ1) is 28.3. The van der Waals surface area contributed by atoms with Gasteiger partial charge in [0.15, 0.2) is 0 Å². The van der Waals surface area contributed by atoms with Crippen LogP contribution in [0.25, 0.3) is 86.6 Å². The van der Waals surface area contributed by atoms with E-state index in [-0.39, 0.29) is 0 Å². The van der Waals surface area contributed by atoms with Crippen LogP contribution < -0.4 is 4.90 Å². The predicted molar refractivity (Wildman–Crippen MR) is 243 cm³/mol. The molecule has 3 heteroatoms. The van der Waals surface area contributed by atoms with E-state index in [1.807, 2.05) is 17.4 Å². The van der Waals surface area contributed by atoms with Gasteiger partial charge in [-0.05, 0) is 87.5 Å². The lowest BCUT2D eigenvalue weighted by molar-refractivity contribution is 0.670. The maximum Gasteiger partial charge on any atom is 0.143 e. The molecule has 0 amide bonds. The Bertz CT molecular complexity index is 3210. The van der Waals surface area contributed by atoms with E-state index in [2.05, 4.69) is 211 Å². The van der Waals surface area contributed by atoms with E-state index in [1.165, 1.54) is 42.4 Å². The highest BCUT2D eigenvalue weighted by molar-refractivity contribution is 7.26. The fraction of sp³-hybridized carbons (Fsp3) is 0. The van der Waals surface area contributed by atoms with Gasteiger partial charge in [0.05, 0.1) is 5.69 Å². The molecule has 268 valence electrons. The van der Waals surface area contributed by atoms with Gasteiger partial charge in [-0.25, -0.2) is 0 Å². The summed E-state index contributed by atoms with van der Waals surface area (Å²) in [5, 5.41) is 4.78. The first kappa shape index (κ1) is 33.2. The summed E-state index contributed by atoms with van der Waals surface area (Å²) in [6.45, 7) is 0. The van der Waals surface area contributed by atoms with Crippen molar-refractivity contribution >= 4 is 70.5 Å². The van der Waals surface area contributed by atoms with E-state index < -0.39 is 0 Å². The van der Waals surface area contributed by atoms with Crippen molar-refractivity contribution in [2.75, 3.05) is 4.90 Å². The number of furan rings is 1. The molecule has 11 aromatic rings. The zero-order valence-corrected chi connectivity index (χ0v) is 31.8. The summed E-state index contributed by atoms with van der Waals surface area (Å²) >= 11 is 1.85. The standard InChI is InChI=1S/C54H35NOS/c1-3-13-36(14-4-1)37-25-27-38(28-26-37)39-29-31-41(32-30-39)55(49-21-12-24-52-53(49)47-18-8-10-23-51(47)57-52)42-33-34-43(48(35-42)40-15-5-2-6-16-40)45-19-11-20-46-44-17-7-9-22-50(44)56-54(45)46/h1-35H. The monoisotopic (exact) mass is 745 g/mol. The minimum Gasteiger partial charge on any atom is -0.455 e. The highest BCUT2D eigenvalue weighted by Gasteiger charge is 2.22. The lowest BCUT2D eigenvalue weighted by Crippen LogP contribution is -2.10. The van der Waals surface area contributed by atoms with Crippen LogP contribution in [0.4, 0.5) is 17.1 Å². The Morgan fingerprint density at radius 1 is 0.351 bits per heavy atom. The quantitative estimate of drug-likeness (QED) is 0.162. The van der Waals surface area contributed by atoms with E-state index >= 15 is 0 Å². The van der Waals surface area contributed by atoms with E-state index in [0.717, 1.165) is 61.3 Å². The third kappa shape index (κ3) is 5.80. The van der Waals surface area contributed by atoms with Crippen molar-refractivity contribution in [3.8, 4) is 44.5 Å². The molecular formula is C54H35NOS. The predicted octanol–water partition coefficient (Wildman–Crippen LogP) is 16.1. The molecule has 0 aliphatic heterocycles. The van der Waals surface area contributed by atoms with Gasteiger partial charge in [0, 0.05) is 47.9 Å². The van der Waals surface area contributed by atoms with Crippen LogP contribution in [0, 0.1) is 0 Å². The summed E-state index contributed by atoms with van der Waals surface area (Å²) in [5.41, 5.74) is 14.4. The molecule has 0 spiro atoms. The van der Waals surface area contributed by atoms with Crippen molar-refractivity contribution in [3.05, 3.63) is 212 Å². The van der Waals surface area contributed by atoms with Gasteiger partial charge in [0.2, 0.25) is 0 Å². The molecule has 57 heavy (non-hydrogen) atoms. The minimum absolute atomic E-state index is 0.899. The van der Waals surface area contributed by atoms with Crippen molar-refractivity contribution in [2.24, 2.45) is 0 Å². The Morgan fingerprint density at radius 2 is 0.912 bits per heavy atom. The molecule has 9 aromatic carbocycles. The molecule has 0 radical (unpaired) electrons. The average Bonchev–Trinajstić information content (AvgIpc) is 3.87. The van der Waals surface area contributed by atoms with Crippen molar-refractivity contribution in [1.82, 2.24) is 0 Å². The molecule has 2 aromatic heterocycles. The van der Waals surface area contributed by atoms with Crippen molar-refractivity contribution < 1.29 is 4.42 Å². The Labute approximate surface area is 335 Å². The fourth-order valence-electron chi connectivity index (χ4n) is 8.38. The number of rotatable bonds is 7. The molecule has 0 saturated carbocycles. The second-order valence-corrected chi connectivity index (χ2v) is 15.5. The van der Waals surface area contributed by atoms with E-state index in [1.54, 1.807) is 0 Å². The summed E-state index contributed by atoms with van der Waals surface area (Å²) in [6.07, 6.45) is 0. The lowest BCUT2D eigenvalue weighted by Gasteiger charge is -2.28. The van der Waals surface area contributed by atoms with E-state index in [4.69, 9.17) is 4.42 Å². The number of nitrogens with zero attached hydrogens (tertiary/aromatic N) is 1. The van der Waals surface area contributed by atoms with E-state index in [0.29, 0.717) is 0 Å². The molecule has 0 fully saturated rings. The highest BCUT2D eigenvalue weighted by Crippen LogP contribution is 2.47. The van der Waals surface area contributed by atoms with Crippen molar-refractivity contribution in [2.45, 2.75) is 0 Å². The largest absolute Gasteiger partial charge is 0.455 e. The normalized spacial score (nSPS) is 11.5. The number of fused-ring (bicyclic) bond motifs is 6. The third-order valence-electron chi connectivity index (χ3n) is 11.1. The minimum atomic E-state index is 0.899. The van der Waals surface area contributed by atoms with Gasteiger partial charge in [-0.2, -0.15) is 0 Å². The van der Waals surface area contributed by atoms with Crippen LogP contribution in [0.3, 0.4) is 0 Å². The van der Waals surface area contributed by atoms with Gasteiger partial charge in [-0.3, -0.25) is 0 Å². The van der Waals surface area contributed by atoms with Crippen LogP contribution >= 0.6 is 11.3 Å². The van der Waals surface area contributed by atoms with Crippen LogP contribution in [-0.2, 0) is 0 Å². The molecule has 11 rings (SSSR count). The van der Waals surface area contributed by atoms with Crippen LogP contribution in [0.5, 0.6) is 0 Å². The Hall–Kier alpha value is -7.20. The second kappa shape index (κ2) is 13.8. The first-order valence-electron chi connectivity index (χ1n) is 19.3. The Balaban J connectivity index is 1.09. The molecule has 2 heterocycles. The second-order valence-electron chi connectivity index (χ2n) is 14.5.